The number of piperidine rings is 1. The second kappa shape index (κ2) is 6.82. The number of hydrogen-bond acceptors (Lipinski definition) is 7. The molecule has 1 spiro atoms. The maximum atomic E-state index is 13.0. The Morgan fingerprint density at radius 1 is 1.24 bits per heavy atom. The maximum absolute atomic E-state index is 13.0. The molecule has 0 aromatic heterocycles. The highest BCUT2D eigenvalue weighted by atomic mass is 16.6. The van der Waals surface area contributed by atoms with Gasteiger partial charge in [0.1, 0.15) is 11.9 Å². The van der Waals surface area contributed by atoms with E-state index >= 15 is 0 Å². The van der Waals surface area contributed by atoms with Crippen LogP contribution in [0.3, 0.4) is 0 Å². The predicted molar refractivity (Wildman–Crippen MR) is 114 cm³/mol. The van der Waals surface area contributed by atoms with Gasteiger partial charge in [-0.15, -0.1) is 0 Å². The number of carbonyl (C=O) groups excluding carboxylic acids is 1. The molecule has 2 aromatic carbocycles. The van der Waals surface area contributed by atoms with E-state index in [1.165, 1.54) is 30.3 Å². The zero-order valence-electron chi connectivity index (χ0n) is 17.6. The molecular formula is C23H23N3O7. The maximum Gasteiger partial charge on any atom is 0.269 e. The largest absolute Gasteiger partial charge is 0.634 e. The summed E-state index contributed by atoms with van der Waals surface area (Å²) >= 11 is 0. The molecule has 2 aromatic rings. The molecule has 2 aliphatic carbocycles. The smallest absolute Gasteiger partial charge is 0.269 e. The van der Waals surface area contributed by atoms with Gasteiger partial charge < -0.3 is 30.5 Å². The molecule has 10 nitrogen and oxygen atoms in total. The summed E-state index contributed by atoms with van der Waals surface area (Å²) in [4.78, 5) is 23.4. The molecule has 1 saturated heterocycles. The highest BCUT2D eigenvalue weighted by Crippen LogP contribution is 2.62. The fraction of sp³-hybridized carbons (Fsp3) is 0.435. The molecule has 2 heterocycles. The first-order valence-electron chi connectivity index (χ1n) is 11.1. The minimum absolute atomic E-state index is 0.0639. The number of phenolic OH excluding ortho intramolecular Hbond substituents is 2. The molecule has 4 aliphatic rings. The zero-order chi connectivity index (χ0) is 23.1. The number of ether oxygens (including phenoxy) is 1. The van der Waals surface area contributed by atoms with Crippen LogP contribution in [0.4, 0.5) is 5.69 Å². The Kier molecular flexibility index (Phi) is 4.18. The Bertz CT molecular complexity index is 1180. The number of nitro benzene ring substituents is 1. The van der Waals surface area contributed by atoms with Gasteiger partial charge in [0, 0.05) is 53.6 Å². The zero-order valence-corrected chi connectivity index (χ0v) is 17.6. The SMILES string of the molecule is O=C(N[C@@H]1CC[C@H]2[C@H]3Cc4c(O)c(O)cc5c4[C@@]2(CC[NH+]3[O-])[C@H]1O5)c1ccc([N+](=O)[O-])cc1. The van der Waals surface area contributed by atoms with Crippen molar-refractivity contribution in [2.24, 2.45) is 5.92 Å². The van der Waals surface area contributed by atoms with Crippen LogP contribution >= 0.6 is 0 Å². The molecule has 33 heavy (non-hydrogen) atoms. The highest BCUT2D eigenvalue weighted by molar-refractivity contribution is 5.94. The molecule has 1 unspecified atom stereocenters. The van der Waals surface area contributed by atoms with E-state index in [9.17, 15) is 30.3 Å². The lowest BCUT2D eigenvalue weighted by Gasteiger charge is -2.58. The van der Waals surface area contributed by atoms with Gasteiger partial charge in [-0.25, -0.2) is 0 Å². The third kappa shape index (κ3) is 2.64. The van der Waals surface area contributed by atoms with Crippen molar-refractivity contribution in [2.75, 3.05) is 6.54 Å². The predicted octanol–water partition coefficient (Wildman–Crippen LogP) is 0.924. The lowest BCUT2D eigenvalue weighted by atomic mass is 9.51. The molecular weight excluding hydrogens is 430 g/mol. The van der Waals surface area contributed by atoms with Crippen LogP contribution < -0.4 is 15.1 Å². The number of nitrogens with one attached hydrogen (secondary N) is 2. The van der Waals surface area contributed by atoms with Crippen molar-refractivity contribution in [1.82, 2.24) is 5.32 Å². The Morgan fingerprint density at radius 3 is 2.73 bits per heavy atom. The first-order chi connectivity index (χ1) is 15.8. The number of rotatable bonds is 3. The summed E-state index contributed by atoms with van der Waals surface area (Å²) in [5.74, 6) is -0.232. The Morgan fingerprint density at radius 2 is 2.00 bits per heavy atom. The van der Waals surface area contributed by atoms with E-state index in [1.54, 1.807) is 0 Å². The van der Waals surface area contributed by atoms with E-state index in [2.05, 4.69) is 5.32 Å². The number of carbonyl (C=O) groups is 1. The van der Waals surface area contributed by atoms with Crippen molar-refractivity contribution in [3.05, 3.63) is 62.3 Å². The number of non-ortho nitro benzene ring substituents is 1. The van der Waals surface area contributed by atoms with E-state index in [-0.39, 0.29) is 46.2 Å². The highest BCUT2D eigenvalue weighted by Gasteiger charge is 2.67. The molecule has 6 atom stereocenters. The van der Waals surface area contributed by atoms with E-state index in [0.717, 1.165) is 12.0 Å². The minimum Gasteiger partial charge on any atom is -0.634 e. The number of nitrogens with zero attached hydrogens (tertiary/aromatic N) is 1. The molecule has 172 valence electrons. The Labute approximate surface area is 188 Å². The van der Waals surface area contributed by atoms with Gasteiger partial charge in [-0.3, -0.25) is 14.9 Å². The van der Waals surface area contributed by atoms with Gasteiger partial charge >= 0.3 is 0 Å². The van der Waals surface area contributed by atoms with Crippen LogP contribution in [0, 0.1) is 21.2 Å². The lowest BCUT2D eigenvalue weighted by molar-refractivity contribution is -0.889. The number of phenols is 2. The third-order valence-electron chi connectivity index (χ3n) is 8.15. The van der Waals surface area contributed by atoms with Crippen LogP contribution in [-0.4, -0.2) is 45.8 Å². The van der Waals surface area contributed by atoms with Gasteiger partial charge in [0.2, 0.25) is 0 Å². The molecule has 4 N–H and O–H groups in total. The van der Waals surface area contributed by atoms with Crippen LogP contribution in [0.2, 0.25) is 0 Å². The van der Waals surface area contributed by atoms with Crippen LogP contribution in [0.15, 0.2) is 30.3 Å². The van der Waals surface area contributed by atoms with Gasteiger partial charge in [-0.05, 0) is 25.0 Å². The molecule has 0 radical (unpaired) electrons. The molecule has 1 amide bonds. The van der Waals surface area contributed by atoms with Crippen molar-refractivity contribution in [3.8, 4) is 17.2 Å². The van der Waals surface area contributed by atoms with Crippen molar-refractivity contribution in [3.63, 3.8) is 0 Å². The minimum atomic E-state index is -0.516. The van der Waals surface area contributed by atoms with E-state index in [4.69, 9.17) is 4.74 Å². The van der Waals surface area contributed by atoms with Gasteiger partial charge in [0.05, 0.1) is 29.0 Å². The summed E-state index contributed by atoms with van der Waals surface area (Å²) in [6.45, 7) is 0.421. The third-order valence-corrected chi connectivity index (χ3v) is 8.15. The standard InChI is InChI=1S/C23H23N3O7/c27-17-10-18-19-13(20(17)28)9-16-14-5-6-15(21(33-18)23(14,19)7-8-25(16)30)24-22(29)11-1-3-12(4-2-11)26(31)32/h1-4,10,14-16,21,25,27-28H,5-9H2,(H,24,29)/t14-,15+,16+,21-,23-/m0/s1. The molecule has 2 bridgehead atoms. The number of quaternary nitrogens is 1. The summed E-state index contributed by atoms with van der Waals surface area (Å²) in [5.41, 5.74) is 1.19. The molecule has 2 fully saturated rings. The second-order valence-electron chi connectivity index (χ2n) is 9.52. The summed E-state index contributed by atoms with van der Waals surface area (Å²) in [6, 6.07) is 6.29. The number of nitro groups is 1. The number of hydrogen-bond donors (Lipinski definition) is 4. The number of amides is 1. The average Bonchev–Trinajstić information content (AvgIpc) is 3.12. The average molecular weight is 453 g/mol. The van der Waals surface area contributed by atoms with Crippen LogP contribution in [0.1, 0.15) is 40.7 Å². The van der Waals surface area contributed by atoms with Crippen molar-refractivity contribution >= 4 is 11.6 Å². The van der Waals surface area contributed by atoms with Crippen molar-refractivity contribution < 1.29 is 29.7 Å². The molecule has 6 rings (SSSR count). The van der Waals surface area contributed by atoms with Crippen molar-refractivity contribution in [2.45, 2.75) is 49.3 Å². The fourth-order valence-corrected chi connectivity index (χ4v) is 6.84. The van der Waals surface area contributed by atoms with E-state index < -0.39 is 16.4 Å². The summed E-state index contributed by atoms with van der Waals surface area (Å²) < 4.78 is 6.36. The monoisotopic (exact) mass is 453 g/mol. The van der Waals surface area contributed by atoms with Crippen LogP contribution in [0.25, 0.3) is 0 Å². The van der Waals surface area contributed by atoms with Gasteiger partial charge in [0.25, 0.3) is 11.6 Å². The molecule has 2 aliphatic heterocycles. The lowest BCUT2D eigenvalue weighted by Crippen LogP contribution is -3.15. The van der Waals surface area contributed by atoms with Crippen molar-refractivity contribution in [1.29, 1.82) is 0 Å². The quantitative estimate of drug-likeness (QED) is 0.234. The summed E-state index contributed by atoms with van der Waals surface area (Å²) in [6.07, 6.45) is 1.90. The first kappa shape index (κ1) is 20.3. The second-order valence-corrected chi connectivity index (χ2v) is 9.52. The number of benzene rings is 2. The normalized spacial score (nSPS) is 33.1. The van der Waals surface area contributed by atoms with E-state index in [0.29, 0.717) is 42.7 Å². The van der Waals surface area contributed by atoms with Crippen LogP contribution in [0.5, 0.6) is 17.2 Å². The van der Waals surface area contributed by atoms with Gasteiger partial charge in [-0.2, -0.15) is 0 Å². The fourth-order valence-electron chi connectivity index (χ4n) is 6.84. The van der Waals surface area contributed by atoms with Gasteiger partial charge in [0.15, 0.2) is 11.5 Å². The van der Waals surface area contributed by atoms with Gasteiger partial charge in [-0.1, -0.05) is 0 Å². The topological polar surface area (TPSA) is 149 Å². The number of hydroxylamine groups is 2. The Hall–Kier alpha value is -3.37. The van der Waals surface area contributed by atoms with E-state index in [1.807, 2.05) is 0 Å². The molecule has 1 saturated carbocycles. The Balaban J connectivity index is 1.37. The first-order valence-corrected chi connectivity index (χ1v) is 11.1. The summed E-state index contributed by atoms with van der Waals surface area (Å²) in [7, 11) is 0. The van der Waals surface area contributed by atoms with Crippen LogP contribution in [-0.2, 0) is 11.8 Å². The summed E-state index contributed by atoms with van der Waals surface area (Å²) in [5, 5.41) is 47.8. The molecule has 10 heteroatoms. The number of aromatic hydroxyl groups is 2.